The molecule has 17 heavy (non-hydrogen) atoms. The Morgan fingerprint density at radius 3 is 2.71 bits per heavy atom. The van der Waals surface area contributed by atoms with E-state index in [2.05, 4.69) is 22.9 Å². The summed E-state index contributed by atoms with van der Waals surface area (Å²) in [5.41, 5.74) is 7.07. The minimum Gasteiger partial charge on any atom is -0.398 e. The Morgan fingerprint density at radius 1 is 1.41 bits per heavy atom. The van der Waals surface area contributed by atoms with Crippen molar-refractivity contribution in [3.63, 3.8) is 0 Å². The molecule has 1 heterocycles. The summed E-state index contributed by atoms with van der Waals surface area (Å²) in [4.78, 5) is 14.2. The van der Waals surface area contributed by atoms with Crippen LogP contribution >= 0.6 is 15.9 Å². The molecule has 3 nitrogen and oxygen atoms in total. The van der Waals surface area contributed by atoms with E-state index < -0.39 is 0 Å². The van der Waals surface area contributed by atoms with Gasteiger partial charge in [-0.25, -0.2) is 0 Å². The highest BCUT2D eigenvalue weighted by Gasteiger charge is 2.23. The molecule has 92 valence electrons. The van der Waals surface area contributed by atoms with Gasteiger partial charge in [0.25, 0.3) is 5.91 Å². The first-order chi connectivity index (χ1) is 8.09. The van der Waals surface area contributed by atoms with Crippen molar-refractivity contribution in [2.75, 3.05) is 18.8 Å². The third-order valence-corrected chi connectivity index (χ3v) is 4.21. The summed E-state index contributed by atoms with van der Waals surface area (Å²) in [5.74, 6) is 0.805. The normalized spacial score (nSPS) is 17.2. The van der Waals surface area contributed by atoms with Gasteiger partial charge >= 0.3 is 0 Å². The molecule has 0 bridgehead atoms. The Kier molecular flexibility index (Phi) is 3.72. The number of nitrogen functional groups attached to an aromatic ring is 1. The molecule has 0 radical (unpaired) electrons. The van der Waals surface area contributed by atoms with E-state index in [-0.39, 0.29) is 5.91 Å². The molecule has 0 spiro atoms. The number of hydrogen-bond acceptors (Lipinski definition) is 2. The van der Waals surface area contributed by atoms with E-state index in [1.54, 1.807) is 6.07 Å². The Balaban J connectivity index is 2.17. The van der Waals surface area contributed by atoms with Crippen molar-refractivity contribution in [2.24, 2.45) is 5.92 Å². The van der Waals surface area contributed by atoms with Gasteiger partial charge in [0, 0.05) is 18.8 Å². The number of nitrogens with two attached hydrogens (primary N) is 1. The first kappa shape index (κ1) is 12.4. The number of likely N-dealkylation sites (tertiary alicyclic amines) is 1. The van der Waals surface area contributed by atoms with Crippen LogP contribution < -0.4 is 5.73 Å². The fourth-order valence-corrected chi connectivity index (χ4v) is 2.53. The molecule has 0 unspecified atom stereocenters. The van der Waals surface area contributed by atoms with E-state index in [0.717, 1.165) is 31.8 Å². The zero-order valence-corrected chi connectivity index (χ0v) is 11.5. The summed E-state index contributed by atoms with van der Waals surface area (Å²) in [6.45, 7) is 3.93. The summed E-state index contributed by atoms with van der Waals surface area (Å²) in [7, 11) is 0. The lowest BCUT2D eigenvalue weighted by Crippen LogP contribution is -2.38. The van der Waals surface area contributed by atoms with Crippen LogP contribution in [0.2, 0.25) is 0 Å². The van der Waals surface area contributed by atoms with Crippen LogP contribution in [0, 0.1) is 5.92 Å². The molecule has 0 saturated carbocycles. The topological polar surface area (TPSA) is 46.3 Å². The van der Waals surface area contributed by atoms with Crippen molar-refractivity contribution in [1.82, 2.24) is 4.90 Å². The zero-order valence-electron chi connectivity index (χ0n) is 9.95. The average molecular weight is 297 g/mol. The maximum Gasteiger partial charge on any atom is 0.255 e. The molecule has 2 N–H and O–H groups in total. The second-order valence-corrected chi connectivity index (χ2v) is 5.48. The average Bonchev–Trinajstić information content (AvgIpc) is 2.33. The second kappa shape index (κ2) is 5.08. The van der Waals surface area contributed by atoms with E-state index in [9.17, 15) is 4.79 Å². The molecule has 0 aliphatic carbocycles. The van der Waals surface area contributed by atoms with E-state index in [1.807, 2.05) is 17.0 Å². The van der Waals surface area contributed by atoms with E-state index >= 15 is 0 Å². The molecular weight excluding hydrogens is 280 g/mol. The number of piperidine rings is 1. The minimum absolute atomic E-state index is 0.0797. The summed E-state index contributed by atoms with van der Waals surface area (Å²) >= 11 is 3.39. The first-order valence-electron chi connectivity index (χ1n) is 5.93. The Labute approximate surface area is 110 Å². The molecule has 4 heteroatoms. The van der Waals surface area contributed by atoms with Crippen LogP contribution in [0.25, 0.3) is 0 Å². The van der Waals surface area contributed by atoms with Crippen LogP contribution in [0.1, 0.15) is 30.1 Å². The van der Waals surface area contributed by atoms with Gasteiger partial charge in [-0.15, -0.1) is 0 Å². The molecular formula is C13H17BrN2O. The summed E-state index contributed by atoms with van der Waals surface area (Å²) in [5, 5.41) is 0. The second-order valence-electron chi connectivity index (χ2n) is 4.68. The molecule has 1 amide bonds. The highest BCUT2D eigenvalue weighted by Crippen LogP contribution is 2.26. The van der Waals surface area contributed by atoms with Gasteiger partial charge in [0.05, 0.1) is 10.0 Å². The van der Waals surface area contributed by atoms with Gasteiger partial charge in [-0.2, -0.15) is 0 Å². The predicted octanol–water partition coefficient (Wildman–Crippen LogP) is 2.90. The molecule has 1 aliphatic rings. The lowest BCUT2D eigenvalue weighted by atomic mass is 9.98. The molecule has 0 atom stereocenters. The van der Waals surface area contributed by atoms with Gasteiger partial charge < -0.3 is 10.6 Å². The molecule has 2 rings (SSSR count). The molecule has 0 aromatic heterocycles. The van der Waals surface area contributed by atoms with Gasteiger partial charge in [0.15, 0.2) is 0 Å². The number of benzene rings is 1. The Hall–Kier alpha value is -1.03. The van der Waals surface area contributed by atoms with Crippen molar-refractivity contribution in [3.05, 3.63) is 28.2 Å². The number of amides is 1. The maximum atomic E-state index is 12.3. The van der Waals surface area contributed by atoms with Crippen molar-refractivity contribution in [1.29, 1.82) is 0 Å². The number of hydrogen-bond donors (Lipinski definition) is 1. The van der Waals surface area contributed by atoms with Gasteiger partial charge in [0.2, 0.25) is 0 Å². The minimum atomic E-state index is 0.0797. The molecule has 1 fully saturated rings. The third kappa shape index (κ3) is 2.63. The Bertz CT molecular complexity index is 425. The number of carbonyl (C=O) groups is 1. The van der Waals surface area contributed by atoms with Crippen LogP contribution in [0.5, 0.6) is 0 Å². The van der Waals surface area contributed by atoms with Crippen LogP contribution in [0.3, 0.4) is 0 Å². The van der Waals surface area contributed by atoms with E-state index in [1.165, 1.54) is 0 Å². The Morgan fingerprint density at radius 2 is 2.06 bits per heavy atom. The third-order valence-electron chi connectivity index (χ3n) is 3.33. The van der Waals surface area contributed by atoms with Crippen molar-refractivity contribution in [3.8, 4) is 0 Å². The summed E-state index contributed by atoms with van der Waals surface area (Å²) in [6, 6.07) is 5.43. The lowest BCUT2D eigenvalue weighted by Gasteiger charge is -2.30. The van der Waals surface area contributed by atoms with Crippen LogP contribution in [0.4, 0.5) is 5.69 Å². The summed E-state index contributed by atoms with van der Waals surface area (Å²) in [6.07, 6.45) is 2.18. The number of nitrogens with zero attached hydrogens (tertiary/aromatic N) is 1. The van der Waals surface area contributed by atoms with Crippen molar-refractivity contribution in [2.45, 2.75) is 19.8 Å². The van der Waals surface area contributed by atoms with E-state index in [4.69, 9.17) is 5.73 Å². The van der Waals surface area contributed by atoms with E-state index in [0.29, 0.717) is 15.7 Å². The van der Waals surface area contributed by atoms with Gasteiger partial charge in [0.1, 0.15) is 0 Å². The molecule has 1 saturated heterocycles. The fraction of sp³-hybridized carbons (Fsp3) is 0.462. The standard InChI is InChI=1S/C13H17BrN2O/c1-9-5-7-16(8-6-9)13(17)10-3-2-4-11(15)12(10)14/h2-4,9H,5-8,15H2,1H3. The highest BCUT2D eigenvalue weighted by atomic mass is 79.9. The van der Waals surface area contributed by atoms with Crippen molar-refractivity contribution < 1.29 is 4.79 Å². The fourth-order valence-electron chi connectivity index (χ4n) is 2.10. The largest absolute Gasteiger partial charge is 0.398 e. The number of carbonyl (C=O) groups excluding carboxylic acids is 1. The first-order valence-corrected chi connectivity index (χ1v) is 6.72. The summed E-state index contributed by atoms with van der Waals surface area (Å²) < 4.78 is 0.712. The highest BCUT2D eigenvalue weighted by molar-refractivity contribution is 9.10. The number of halogens is 1. The monoisotopic (exact) mass is 296 g/mol. The van der Waals surface area contributed by atoms with Crippen LogP contribution in [-0.4, -0.2) is 23.9 Å². The SMILES string of the molecule is CC1CCN(C(=O)c2cccc(N)c2Br)CC1. The number of anilines is 1. The predicted molar refractivity (Wildman–Crippen MR) is 72.9 cm³/mol. The maximum absolute atomic E-state index is 12.3. The molecule has 1 aromatic rings. The lowest BCUT2D eigenvalue weighted by molar-refractivity contribution is 0.0696. The van der Waals surface area contributed by atoms with Crippen LogP contribution in [0.15, 0.2) is 22.7 Å². The number of rotatable bonds is 1. The zero-order chi connectivity index (χ0) is 12.4. The quantitative estimate of drug-likeness (QED) is 0.810. The molecule has 1 aliphatic heterocycles. The van der Waals surface area contributed by atoms with Crippen LogP contribution in [-0.2, 0) is 0 Å². The van der Waals surface area contributed by atoms with Gasteiger partial charge in [-0.05, 0) is 46.8 Å². The smallest absolute Gasteiger partial charge is 0.255 e. The van der Waals surface area contributed by atoms with Gasteiger partial charge in [-0.3, -0.25) is 4.79 Å². The van der Waals surface area contributed by atoms with Gasteiger partial charge in [-0.1, -0.05) is 13.0 Å². The molecule has 1 aromatic carbocycles. The van der Waals surface area contributed by atoms with Crippen molar-refractivity contribution >= 4 is 27.5 Å².